The van der Waals surface area contributed by atoms with E-state index in [0.29, 0.717) is 11.3 Å². The van der Waals surface area contributed by atoms with Crippen LogP contribution >= 0.6 is 11.3 Å². The lowest BCUT2D eigenvalue weighted by Gasteiger charge is -2.04. The lowest BCUT2D eigenvalue weighted by molar-refractivity contribution is 0.0997. The molecule has 2 aromatic carbocycles. The van der Waals surface area contributed by atoms with E-state index < -0.39 is 11.7 Å². The molecule has 0 radical (unpaired) electrons. The van der Waals surface area contributed by atoms with E-state index in [1.807, 2.05) is 23.1 Å². The monoisotopic (exact) mass is 326 g/mol. The Hall–Kier alpha value is -2.53. The van der Waals surface area contributed by atoms with E-state index in [1.165, 1.54) is 35.1 Å². The maximum absolute atomic E-state index is 13.2. The van der Waals surface area contributed by atoms with Gasteiger partial charge in [-0.05, 0) is 30.7 Å². The van der Waals surface area contributed by atoms with Crippen LogP contribution in [-0.2, 0) is 6.54 Å². The molecule has 116 valence electrons. The van der Waals surface area contributed by atoms with Gasteiger partial charge in [0.15, 0.2) is 4.80 Å². The summed E-state index contributed by atoms with van der Waals surface area (Å²) in [6.45, 7) is 2.68. The van der Waals surface area contributed by atoms with Crippen molar-refractivity contribution in [3.63, 3.8) is 0 Å². The number of aromatic nitrogens is 1. The molecule has 0 unspecified atom stereocenters. The van der Waals surface area contributed by atoms with Crippen LogP contribution in [0.3, 0.4) is 0 Å². The van der Waals surface area contributed by atoms with Crippen molar-refractivity contribution in [3.05, 3.63) is 87.4 Å². The highest BCUT2D eigenvalue weighted by Crippen LogP contribution is 2.07. The highest BCUT2D eigenvalue weighted by Gasteiger charge is 2.06. The molecule has 3 nitrogen and oxygen atoms in total. The minimum absolute atomic E-state index is 0.250. The second-order valence-corrected chi connectivity index (χ2v) is 6.10. The molecule has 0 fully saturated rings. The number of aryl methyl sites for hydroxylation is 1. The van der Waals surface area contributed by atoms with E-state index in [-0.39, 0.29) is 5.56 Å². The summed E-state index contributed by atoms with van der Waals surface area (Å²) in [5.74, 6) is -0.880. The van der Waals surface area contributed by atoms with Gasteiger partial charge in [-0.3, -0.25) is 4.79 Å². The Morgan fingerprint density at radius 3 is 2.74 bits per heavy atom. The van der Waals surface area contributed by atoms with E-state index in [4.69, 9.17) is 0 Å². The van der Waals surface area contributed by atoms with Gasteiger partial charge in [0.1, 0.15) is 5.82 Å². The highest BCUT2D eigenvalue weighted by atomic mass is 32.1. The second-order valence-electron chi connectivity index (χ2n) is 5.23. The number of benzene rings is 2. The Morgan fingerprint density at radius 2 is 2.00 bits per heavy atom. The molecule has 0 aliphatic heterocycles. The van der Waals surface area contributed by atoms with Crippen molar-refractivity contribution in [3.8, 4) is 0 Å². The number of carbonyl (C=O) groups excluding carboxylic acids is 1. The Bertz CT molecular complexity index is 894. The number of carbonyl (C=O) groups is 1. The highest BCUT2D eigenvalue weighted by molar-refractivity contribution is 7.07. The molecule has 0 aliphatic rings. The minimum atomic E-state index is -0.440. The predicted octanol–water partition coefficient (Wildman–Crippen LogP) is 3.79. The summed E-state index contributed by atoms with van der Waals surface area (Å²) in [6.07, 6.45) is 1.89. The zero-order valence-corrected chi connectivity index (χ0v) is 13.4. The Kier molecular flexibility index (Phi) is 4.48. The molecule has 0 N–H and O–H groups in total. The maximum atomic E-state index is 13.2. The quantitative estimate of drug-likeness (QED) is 0.721. The number of thiazole rings is 1. The van der Waals surface area contributed by atoms with Crippen LogP contribution in [0.25, 0.3) is 0 Å². The molecule has 0 bridgehead atoms. The summed E-state index contributed by atoms with van der Waals surface area (Å²) in [4.78, 5) is 16.9. The average molecular weight is 326 g/mol. The van der Waals surface area contributed by atoms with Crippen LogP contribution in [0.2, 0.25) is 0 Å². The van der Waals surface area contributed by atoms with Crippen LogP contribution in [0, 0.1) is 12.7 Å². The van der Waals surface area contributed by atoms with Crippen molar-refractivity contribution in [1.82, 2.24) is 4.57 Å². The van der Waals surface area contributed by atoms with Crippen molar-refractivity contribution >= 4 is 17.2 Å². The molecule has 3 rings (SSSR count). The number of halogens is 1. The fourth-order valence-electron chi connectivity index (χ4n) is 2.17. The minimum Gasteiger partial charge on any atom is -0.319 e. The molecule has 1 heterocycles. The lowest BCUT2D eigenvalue weighted by atomic mass is 10.1. The zero-order chi connectivity index (χ0) is 16.2. The van der Waals surface area contributed by atoms with Crippen molar-refractivity contribution in [1.29, 1.82) is 0 Å². The molecule has 0 spiro atoms. The molecular weight excluding hydrogens is 311 g/mol. The van der Waals surface area contributed by atoms with E-state index in [1.54, 1.807) is 6.07 Å². The molecule has 3 aromatic rings. The number of rotatable bonds is 3. The SMILES string of the molecule is Cc1ccc(Cn2ccsc2=NC(=O)c2cccc(F)c2)cc1. The summed E-state index contributed by atoms with van der Waals surface area (Å²) in [5.41, 5.74) is 2.59. The topological polar surface area (TPSA) is 34.4 Å². The van der Waals surface area contributed by atoms with Crippen LogP contribution in [0.4, 0.5) is 4.39 Å². The molecule has 1 aromatic heterocycles. The molecule has 5 heteroatoms. The Balaban J connectivity index is 1.88. The third-order valence-corrected chi connectivity index (χ3v) is 4.20. The van der Waals surface area contributed by atoms with Gasteiger partial charge < -0.3 is 4.57 Å². The zero-order valence-electron chi connectivity index (χ0n) is 12.6. The number of hydrogen-bond acceptors (Lipinski definition) is 2. The molecule has 1 amide bonds. The molecule has 0 atom stereocenters. The van der Waals surface area contributed by atoms with Crippen LogP contribution in [-0.4, -0.2) is 10.5 Å². The van der Waals surface area contributed by atoms with Gasteiger partial charge in [-0.15, -0.1) is 11.3 Å². The van der Waals surface area contributed by atoms with E-state index >= 15 is 0 Å². The number of nitrogens with zero attached hydrogens (tertiary/aromatic N) is 2. The molecular formula is C18H15FN2OS. The predicted molar refractivity (Wildman–Crippen MR) is 88.9 cm³/mol. The summed E-state index contributed by atoms with van der Waals surface area (Å²) in [7, 11) is 0. The van der Waals surface area contributed by atoms with E-state index in [9.17, 15) is 9.18 Å². The fraction of sp³-hybridized carbons (Fsp3) is 0.111. The van der Waals surface area contributed by atoms with Crippen molar-refractivity contribution in [2.45, 2.75) is 13.5 Å². The van der Waals surface area contributed by atoms with Gasteiger partial charge in [-0.25, -0.2) is 4.39 Å². The smallest absolute Gasteiger partial charge is 0.279 e. The maximum Gasteiger partial charge on any atom is 0.279 e. The van der Waals surface area contributed by atoms with Gasteiger partial charge in [0, 0.05) is 23.7 Å². The van der Waals surface area contributed by atoms with Gasteiger partial charge in [-0.2, -0.15) is 4.99 Å². The van der Waals surface area contributed by atoms with Crippen LogP contribution in [0.15, 0.2) is 65.1 Å². The first-order valence-corrected chi connectivity index (χ1v) is 8.04. The first kappa shape index (κ1) is 15.4. The summed E-state index contributed by atoms with van der Waals surface area (Å²) >= 11 is 1.38. The van der Waals surface area contributed by atoms with Crippen LogP contribution < -0.4 is 4.80 Å². The van der Waals surface area contributed by atoms with Crippen molar-refractivity contribution in [2.75, 3.05) is 0 Å². The summed E-state index contributed by atoms with van der Waals surface area (Å²) < 4.78 is 15.1. The normalized spacial score (nSPS) is 11.7. The van der Waals surface area contributed by atoms with E-state index in [2.05, 4.69) is 29.3 Å². The van der Waals surface area contributed by atoms with Crippen molar-refractivity contribution in [2.24, 2.45) is 4.99 Å². The van der Waals surface area contributed by atoms with Crippen molar-refractivity contribution < 1.29 is 9.18 Å². The average Bonchev–Trinajstić information content (AvgIpc) is 2.96. The summed E-state index contributed by atoms with van der Waals surface area (Å²) in [5, 5.41) is 1.88. The lowest BCUT2D eigenvalue weighted by Crippen LogP contribution is -2.17. The largest absolute Gasteiger partial charge is 0.319 e. The first-order valence-electron chi connectivity index (χ1n) is 7.16. The van der Waals surface area contributed by atoms with Gasteiger partial charge in [0.2, 0.25) is 0 Å². The third-order valence-electron chi connectivity index (χ3n) is 3.40. The van der Waals surface area contributed by atoms with Gasteiger partial charge in [0.25, 0.3) is 5.91 Å². The van der Waals surface area contributed by atoms with Gasteiger partial charge in [-0.1, -0.05) is 35.9 Å². The molecule has 0 saturated heterocycles. The fourth-order valence-corrected chi connectivity index (χ4v) is 2.90. The van der Waals surface area contributed by atoms with Crippen LogP contribution in [0.1, 0.15) is 21.5 Å². The van der Waals surface area contributed by atoms with E-state index in [0.717, 1.165) is 5.56 Å². The Labute approximate surface area is 137 Å². The standard InChI is InChI=1S/C18H15FN2OS/c1-13-5-7-14(8-6-13)12-21-9-10-23-18(21)20-17(22)15-3-2-4-16(19)11-15/h2-11H,12H2,1H3. The summed E-state index contributed by atoms with van der Waals surface area (Å²) in [6, 6.07) is 13.8. The van der Waals surface area contributed by atoms with Gasteiger partial charge in [0.05, 0.1) is 0 Å². The van der Waals surface area contributed by atoms with Crippen LogP contribution in [0.5, 0.6) is 0 Å². The Morgan fingerprint density at radius 1 is 1.22 bits per heavy atom. The molecule has 0 aliphatic carbocycles. The molecule has 23 heavy (non-hydrogen) atoms. The molecule has 0 saturated carbocycles. The second kappa shape index (κ2) is 6.71. The third kappa shape index (κ3) is 3.81. The number of amides is 1. The first-order chi connectivity index (χ1) is 11.1. The van der Waals surface area contributed by atoms with Gasteiger partial charge >= 0.3 is 0 Å². The number of hydrogen-bond donors (Lipinski definition) is 0.